The highest BCUT2D eigenvalue weighted by Gasteiger charge is 2.16. The van der Waals surface area contributed by atoms with Crippen molar-refractivity contribution in [2.24, 2.45) is 10.9 Å². The minimum absolute atomic E-state index is 0.0265. The summed E-state index contributed by atoms with van der Waals surface area (Å²) >= 11 is 3.21. The van der Waals surface area contributed by atoms with E-state index in [2.05, 4.69) is 21.1 Å². The third kappa shape index (κ3) is 3.35. The predicted octanol–water partition coefficient (Wildman–Crippen LogP) is 0.973. The highest BCUT2D eigenvalue weighted by molar-refractivity contribution is 9.10. The number of hydrogen-bond donors (Lipinski definition) is 3. The lowest BCUT2D eigenvalue weighted by molar-refractivity contribution is 0.0810. The van der Waals surface area contributed by atoms with Gasteiger partial charge in [0.25, 0.3) is 5.91 Å². The number of amidine groups is 1. The lowest BCUT2D eigenvalue weighted by Gasteiger charge is -2.16. The van der Waals surface area contributed by atoms with Crippen LogP contribution in [-0.2, 0) is 0 Å². The van der Waals surface area contributed by atoms with Crippen LogP contribution in [0.1, 0.15) is 10.4 Å². The summed E-state index contributed by atoms with van der Waals surface area (Å²) in [6.45, 7) is -0.0265. The molecule has 7 heteroatoms. The number of halogens is 1. The molecule has 92 valence electrons. The molecule has 0 heterocycles. The second kappa shape index (κ2) is 5.53. The number of benzene rings is 1. The first-order valence-electron chi connectivity index (χ1n) is 4.66. The number of nitrogens with zero attached hydrogens (tertiary/aromatic N) is 2. The average Bonchev–Trinajstić information content (AvgIpc) is 2.31. The van der Waals surface area contributed by atoms with Gasteiger partial charge in [-0.15, -0.1) is 0 Å². The van der Waals surface area contributed by atoms with Crippen molar-refractivity contribution < 1.29 is 15.1 Å². The van der Waals surface area contributed by atoms with E-state index in [9.17, 15) is 9.90 Å². The third-order valence-corrected chi connectivity index (χ3v) is 2.56. The molecule has 0 atom stereocenters. The summed E-state index contributed by atoms with van der Waals surface area (Å²) in [4.78, 5) is 13.2. The fourth-order valence-corrected chi connectivity index (χ4v) is 1.59. The van der Waals surface area contributed by atoms with E-state index in [4.69, 9.17) is 10.9 Å². The Hall–Kier alpha value is -1.76. The summed E-state index contributed by atoms with van der Waals surface area (Å²) in [7, 11) is 1.49. The molecular weight excluding hydrogens is 290 g/mol. The molecule has 0 aromatic heterocycles. The molecule has 0 radical (unpaired) electrons. The van der Waals surface area contributed by atoms with Gasteiger partial charge in [-0.25, -0.2) is 0 Å². The van der Waals surface area contributed by atoms with Crippen LogP contribution >= 0.6 is 15.9 Å². The number of amides is 1. The summed E-state index contributed by atoms with van der Waals surface area (Å²) in [5, 5.41) is 20.7. The molecule has 0 aliphatic rings. The Balaban J connectivity index is 2.92. The first kappa shape index (κ1) is 13.3. The fraction of sp³-hybridized carbons (Fsp3) is 0.200. The minimum atomic E-state index is -0.421. The Morgan fingerprint density at radius 1 is 1.59 bits per heavy atom. The van der Waals surface area contributed by atoms with Crippen LogP contribution in [0.25, 0.3) is 0 Å². The normalized spacial score (nSPS) is 11.3. The van der Waals surface area contributed by atoms with Gasteiger partial charge in [0.2, 0.25) is 0 Å². The van der Waals surface area contributed by atoms with Gasteiger partial charge in [0.15, 0.2) is 5.84 Å². The van der Waals surface area contributed by atoms with E-state index >= 15 is 0 Å². The van der Waals surface area contributed by atoms with Crippen molar-refractivity contribution in [1.82, 2.24) is 4.90 Å². The maximum atomic E-state index is 11.9. The van der Waals surface area contributed by atoms with E-state index in [0.717, 1.165) is 0 Å². The standard InChI is InChI=1S/C10H12BrN3O3/c1-14(5-9(12)13-17)10(16)7-4-6(11)2-3-8(7)15/h2-4,15,17H,5H2,1H3,(H2,12,13). The lowest BCUT2D eigenvalue weighted by atomic mass is 10.2. The highest BCUT2D eigenvalue weighted by Crippen LogP contribution is 2.22. The van der Waals surface area contributed by atoms with Crippen LogP contribution in [0.15, 0.2) is 27.8 Å². The van der Waals surface area contributed by atoms with Gasteiger partial charge in [0.05, 0.1) is 12.1 Å². The van der Waals surface area contributed by atoms with Crippen LogP contribution in [0.2, 0.25) is 0 Å². The fourth-order valence-electron chi connectivity index (χ4n) is 1.23. The largest absolute Gasteiger partial charge is 0.507 e. The zero-order valence-corrected chi connectivity index (χ0v) is 10.7. The van der Waals surface area contributed by atoms with Crippen LogP contribution < -0.4 is 5.73 Å². The molecule has 1 amide bonds. The van der Waals surface area contributed by atoms with E-state index in [-0.39, 0.29) is 23.7 Å². The van der Waals surface area contributed by atoms with E-state index in [1.807, 2.05) is 0 Å². The zero-order chi connectivity index (χ0) is 13.0. The molecule has 0 spiro atoms. The Labute approximate surface area is 106 Å². The molecule has 4 N–H and O–H groups in total. The summed E-state index contributed by atoms with van der Waals surface area (Å²) in [6.07, 6.45) is 0. The first-order chi connectivity index (χ1) is 7.95. The van der Waals surface area contributed by atoms with Crippen LogP contribution in [0.3, 0.4) is 0 Å². The topological polar surface area (TPSA) is 99.1 Å². The number of carbonyl (C=O) groups excluding carboxylic acids is 1. The van der Waals surface area contributed by atoms with Crippen molar-refractivity contribution in [2.75, 3.05) is 13.6 Å². The molecule has 6 nitrogen and oxygen atoms in total. The predicted molar refractivity (Wildman–Crippen MR) is 66.2 cm³/mol. The summed E-state index contributed by atoms with van der Waals surface area (Å²) in [6, 6.07) is 4.53. The number of phenolic OH excluding ortho intramolecular Hbond substituents is 1. The maximum Gasteiger partial charge on any atom is 0.257 e. The Morgan fingerprint density at radius 2 is 2.24 bits per heavy atom. The third-order valence-electron chi connectivity index (χ3n) is 2.06. The van der Waals surface area contributed by atoms with Gasteiger partial charge in [-0.1, -0.05) is 21.1 Å². The van der Waals surface area contributed by atoms with Gasteiger partial charge in [-0.05, 0) is 18.2 Å². The van der Waals surface area contributed by atoms with Crippen LogP contribution in [0.5, 0.6) is 5.75 Å². The number of hydrogen-bond acceptors (Lipinski definition) is 4. The molecule has 0 unspecified atom stereocenters. The van der Waals surface area contributed by atoms with Crippen LogP contribution in [-0.4, -0.2) is 40.5 Å². The quantitative estimate of drug-likeness (QED) is 0.335. The molecule has 0 bridgehead atoms. The van der Waals surface area contributed by atoms with Gasteiger partial charge in [0.1, 0.15) is 5.75 Å². The maximum absolute atomic E-state index is 11.9. The van der Waals surface area contributed by atoms with Crippen LogP contribution in [0, 0.1) is 0 Å². The highest BCUT2D eigenvalue weighted by atomic mass is 79.9. The SMILES string of the molecule is CN(C/C(N)=N/O)C(=O)c1cc(Br)ccc1O. The Kier molecular flexibility index (Phi) is 4.33. The molecule has 0 aliphatic carbocycles. The lowest BCUT2D eigenvalue weighted by Crippen LogP contribution is -2.35. The molecule has 0 aliphatic heterocycles. The monoisotopic (exact) mass is 301 g/mol. The first-order valence-corrected chi connectivity index (χ1v) is 5.45. The second-order valence-electron chi connectivity index (χ2n) is 3.41. The van der Waals surface area contributed by atoms with E-state index in [0.29, 0.717) is 4.47 Å². The number of oxime groups is 1. The Morgan fingerprint density at radius 3 is 2.82 bits per heavy atom. The number of aromatic hydroxyl groups is 1. The molecule has 1 aromatic rings. The Bertz CT molecular complexity index is 462. The summed E-state index contributed by atoms with van der Waals surface area (Å²) < 4.78 is 0.677. The zero-order valence-electron chi connectivity index (χ0n) is 9.09. The average molecular weight is 302 g/mol. The van der Waals surface area contributed by atoms with Gasteiger partial charge in [0, 0.05) is 11.5 Å². The summed E-state index contributed by atoms with van der Waals surface area (Å²) in [5.74, 6) is -0.629. The minimum Gasteiger partial charge on any atom is -0.507 e. The number of carbonyl (C=O) groups is 1. The van der Waals surface area contributed by atoms with Gasteiger partial charge in [-0.3, -0.25) is 4.79 Å². The number of phenols is 1. The smallest absolute Gasteiger partial charge is 0.257 e. The molecule has 0 saturated carbocycles. The molecule has 1 rings (SSSR count). The number of likely N-dealkylation sites (N-methyl/N-ethyl adjacent to an activating group) is 1. The van der Waals surface area contributed by atoms with Crippen molar-refractivity contribution in [3.63, 3.8) is 0 Å². The van der Waals surface area contributed by atoms with Crippen molar-refractivity contribution in [3.05, 3.63) is 28.2 Å². The van der Waals surface area contributed by atoms with Gasteiger partial charge in [-0.2, -0.15) is 0 Å². The van der Waals surface area contributed by atoms with Crippen molar-refractivity contribution in [3.8, 4) is 5.75 Å². The van der Waals surface area contributed by atoms with Gasteiger partial charge < -0.3 is 20.9 Å². The number of nitrogens with two attached hydrogens (primary N) is 1. The molecular formula is C10H12BrN3O3. The van der Waals surface area contributed by atoms with E-state index < -0.39 is 5.91 Å². The molecule has 1 aromatic carbocycles. The van der Waals surface area contributed by atoms with Crippen molar-refractivity contribution >= 4 is 27.7 Å². The van der Waals surface area contributed by atoms with E-state index in [1.54, 1.807) is 6.07 Å². The number of rotatable bonds is 3. The van der Waals surface area contributed by atoms with E-state index in [1.165, 1.54) is 24.1 Å². The summed E-state index contributed by atoms with van der Waals surface area (Å²) in [5.41, 5.74) is 5.44. The molecule has 0 saturated heterocycles. The van der Waals surface area contributed by atoms with Crippen molar-refractivity contribution in [2.45, 2.75) is 0 Å². The van der Waals surface area contributed by atoms with Gasteiger partial charge >= 0.3 is 0 Å². The van der Waals surface area contributed by atoms with Crippen LogP contribution in [0.4, 0.5) is 0 Å². The molecule has 0 fully saturated rings. The second-order valence-corrected chi connectivity index (χ2v) is 4.33. The molecule has 17 heavy (non-hydrogen) atoms. The van der Waals surface area contributed by atoms with Crippen molar-refractivity contribution in [1.29, 1.82) is 0 Å².